The second kappa shape index (κ2) is 5.95. The Kier molecular flexibility index (Phi) is 3.90. The predicted octanol–water partition coefficient (Wildman–Crippen LogP) is 2.53. The van der Waals surface area contributed by atoms with Gasteiger partial charge >= 0.3 is 0 Å². The Hall–Kier alpha value is -1.76. The van der Waals surface area contributed by atoms with Crippen molar-refractivity contribution in [3.05, 3.63) is 71.0 Å². The van der Waals surface area contributed by atoms with E-state index in [1.54, 1.807) is 10.4 Å². The number of rotatable bonds is 3. The van der Waals surface area contributed by atoms with Crippen molar-refractivity contribution in [2.45, 2.75) is 19.0 Å². The Morgan fingerprint density at radius 3 is 2.71 bits per heavy atom. The number of hydrogen-bond acceptors (Lipinski definition) is 3. The standard InChI is InChI=1S/C18H19FN2O2S/c19-16-6-7-17-15(10-16)11-20-13-21(24(22,23)12-18(17)20)9-8-14-4-2-1-3-5-14/h1-7,10,18H,8-9,11-13H2. The first-order valence-corrected chi connectivity index (χ1v) is 9.68. The molecule has 4 rings (SSSR count). The van der Waals surface area contributed by atoms with Crippen LogP contribution in [0.25, 0.3) is 0 Å². The normalized spacial score (nSPS) is 23.0. The molecule has 126 valence electrons. The molecule has 1 fully saturated rings. The summed E-state index contributed by atoms with van der Waals surface area (Å²) in [6.45, 7) is 1.45. The van der Waals surface area contributed by atoms with Gasteiger partial charge in [-0.2, -0.15) is 4.31 Å². The van der Waals surface area contributed by atoms with Gasteiger partial charge < -0.3 is 0 Å². The van der Waals surface area contributed by atoms with Crippen molar-refractivity contribution in [3.63, 3.8) is 0 Å². The van der Waals surface area contributed by atoms with Crippen LogP contribution in [0.3, 0.4) is 0 Å². The van der Waals surface area contributed by atoms with Gasteiger partial charge in [0.15, 0.2) is 0 Å². The molecule has 4 nitrogen and oxygen atoms in total. The largest absolute Gasteiger partial charge is 0.277 e. The van der Waals surface area contributed by atoms with Crippen molar-refractivity contribution in [3.8, 4) is 0 Å². The molecule has 1 atom stereocenters. The molecule has 0 amide bonds. The first kappa shape index (κ1) is 15.7. The number of nitrogens with zero attached hydrogens (tertiary/aromatic N) is 2. The van der Waals surface area contributed by atoms with Gasteiger partial charge in [0, 0.05) is 13.1 Å². The number of sulfonamides is 1. The van der Waals surface area contributed by atoms with Crippen molar-refractivity contribution in [2.24, 2.45) is 0 Å². The van der Waals surface area contributed by atoms with Gasteiger partial charge in [0.05, 0.1) is 18.5 Å². The zero-order chi connectivity index (χ0) is 16.7. The molecule has 1 saturated heterocycles. The molecule has 2 aromatic carbocycles. The summed E-state index contributed by atoms with van der Waals surface area (Å²) in [4.78, 5) is 2.12. The molecule has 0 spiro atoms. The van der Waals surface area contributed by atoms with E-state index in [1.807, 2.05) is 30.3 Å². The van der Waals surface area contributed by atoms with E-state index in [4.69, 9.17) is 0 Å². The van der Waals surface area contributed by atoms with Crippen LogP contribution in [0.2, 0.25) is 0 Å². The molecular weight excluding hydrogens is 327 g/mol. The Bertz CT molecular complexity index is 855. The van der Waals surface area contributed by atoms with Gasteiger partial charge in [-0.3, -0.25) is 4.90 Å². The van der Waals surface area contributed by atoms with Crippen LogP contribution in [-0.2, 0) is 23.0 Å². The van der Waals surface area contributed by atoms with E-state index in [-0.39, 0.29) is 17.6 Å². The van der Waals surface area contributed by atoms with Crippen LogP contribution in [0.15, 0.2) is 48.5 Å². The van der Waals surface area contributed by atoms with Crippen molar-refractivity contribution in [1.82, 2.24) is 9.21 Å². The lowest BCUT2D eigenvalue weighted by atomic mass is 10.1. The molecular formula is C18H19FN2O2S. The second-order valence-corrected chi connectivity index (χ2v) is 8.45. The second-order valence-electron chi connectivity index (χ2n) is 6.44. The molecule has 24 heavy (non-hydrogen) atoms. The Balaban J connectivity index is 1.52. The van der Waals surface area contributed by atoms with Crippen LogP contribution in [0, 0.1) is 5.82 Å². The van der Waals surface area contributed by atoms with Crippen LogP contribution in [0.1, 0.15) is 22.7 Å². The smallest absolute Gasteiger partial charge is 0.217 e. The van der Waals surface area contributed by atoms with E-state index in [2.05, 4.69) is 4.90 Å². The van der Waals surface area contributed by atoms with Gasteiger partial charge in [0.1, 0.15) is 5.82 Å². The zero-order valence-corrected chi connectivity index (χ0v) is 14.0. The molecule has 0 saturated carbocycles. The summed E-state index contributed by atoms with van der Waals surface area (Å²) in [5.41, 5.74) is 2.98. The van der Waals surface area contributed by atoms with Crippen molar-refractivity contribution < 1.29 is 12.8 Å². The van der Waals surface area contributed by atoms with E-state index in [1.165, 1.54) is 12.1 Å². The Morgan fingerprint density at radius 2 is 1.92 bits per heavy atom. The first-order valence-electron chi connectivity index (χ1n) is 8.07. The van der Waals surface area contributed by atoms with E-state index >= 15 is 0 Å². The van der Waals surface area contributed by atoms with Gasteiger partial charge in [-0.1, -0.05) is 36.4 Å². The van der Waals surface area contributed by atoms with Crippen molar-refractivity contribution in [1.29, 1.82) is 0 Å². The van der Waals surface area contributed by atoms with Crippen molar-refractivity contribution in [2.75, 3.05) is 19.0 Å². The maximum atomic E-state index is 13.4. The summed E-state index contributed by atoms with van der Waals surface area (Å²) in [7, 11) is -3.30. The van der Waals surface area contributed by atoms with Gasteiger partial charge in [-0.05, 0) is 35.2 Å². The fraction of sp³-hybridized carbons (Fsp3) is 0.333. The number of halogens is 1. The first-order chi connectivity index (χ1) is 11.5. The average Bonchev–Trinajstić information content (AvgIpc) is 2.89. The number of fused-ring (bicyclic) bond motifs is 3. The minimum atomic E-state index is -3.30. The summed E-state index contributed by atoms with van der Waals surface area (Å²) in [6.07, 6.45) is 0.695. The highest BCUT2D eigenvalue weighted by atomic mass is 32.2. The van der Waals surface area contributed by atoms with Gasteiger partial charge in [-0.15, -0.1) is 0 Å². The van der Waals surface area contributed by atoms with Gasteiger partial charge in [0.25, 0.3) is 0 Å². The molecule has 6 heteroatoms. The molecule has 1 unspecified atom stereocenters. The third-order valence-corrected chi connectivity index (χ3v) is 6.69. The van der Waals surface area contributed by atoms with E-state index in [0.29, 0.717) is 26.2 Å². The maximum Gasteiger partial charge on any atom is 0.217 e. The summed E-state index contributed by atoms with van der Waals surface area (Å²) in [5.74, 6) is -0.196. The Labute approximate surface area is 141 Å². The summed E-state index contributed by atoms with van der Waals surface area (Å²) >= 11 is 0. The summed E-state index contributed by atoms with van der Waals surface area (Å²) in [6, 6.07) is 14.4. The van der Waals surface area contributed by atoms with Crippen molar-refractivity contribution >= 4 is 10.0 Å². The SMILES string of the molecule is O=S1(=O)CC2c3ccc(F)cc3CN2CN1CCc1ccccc1. The fourth-order valence-electron chi connectivity index (χ4n) is 3.61. The van der Waals surface area contributed by atoms with Crippen LogP contribution >= 0.6 is 0 Å². The van der Waals surface area contributed by atoms with Crippen LogP contribution in [0.4, 0.5) is 4.39 Å². The summed E-state index contributed by atoms with van der Waals surface area (Å²) in [5, 5.41) is 0. The molecule has 2 aliphatic heterocycles. The van der Waals surface area contributed by atoms with Gasteiger partial charge in [-0.25, -0.2) is 12.8 Å². The minimum absolute atomic E-state index is 0.0699. The molecule has 2 aliphatic rings. The quantitative estimate of drug-likeness (QED) is 0.857. The van der Waals surface area contributed by atoms with Crippen LogP contribution in [0.5, 0.6) is 0 Å². The number of hydrogen-bond donors (Lipinski definition) is 0. The molecule has 0 aromatic heterocycles. The lowest BCUT2D eigenvalue weighted by Crippen LogP contribution is -2.50. The molecule has 2 aromatic rings. The highest BCUT2D eigenvalue weighted by molar-refractivity contribution is 7.89. The third kappa shape index (κ3) is 2.85. The molecule has 0 bridgehead atoms. The summed E-state index contributed by atoms with van der Waals surface area (Å²) < 4.78 is 40.3. The van der Waals surface area contributed by atoms with E-state index in [0.717, 1.165) is 16.7 Å². The zero-order valence-electron chi connectivity index (χ0n) is 13.2. The monoisotopic (exact) mass is 346 g/mol. The fourth-order valence-corrected chi connectivity index (χ4v) is 5.30. The third-order valence-electron chi connectivity index (χ3n) is 4.87. The highest BCUT2D eigenvalue weighted by Gasteiger charge is 2.41. The molecule has 0 aliphatic carbocycles. The predicted molar refractivity (Wildman–Crippen MR) is 90.2 cm³/mol. The lowest BCUT2D eigenvalue weighted by Gasteiger charge is -2.37. The van der Waals surface area contributed by atoms with Crippen LogP contribution < -0.4 is 0 Å². The average molecular weight is 346 g/mol. The molecule has 2 heterocycles. The molecule has 0 N–H and O–H groups in total. The molecule has 0 radical (unpaired) electrons. The topological polar surface area (TPSA) is 40.6 Å². The lowest BCUT2D eigenvalue weighted by molar-refractivity contribution is 0.141. The van der Waals surface area contributed by atoms with Crippen LogP contribution in [-0.4, -0.2) is 36.6 Å². The highest BCUT2D eigenvalue weighted by Crippen LogP contribution is 2.38. The Morgan fingerprint density at radius 1 is 1.12 bits per heavy atom. The van der Waals surface area contributed by atoms with E-state index < -0.39 is 10.0 Å². The maximum absolute atomic E-state index is 13.4. The van der Waals surface area contributed by atoms with E-state index in [9.17, 15) is 12.8 Å². The number of benzene rings is 2. The minimum Gasteiger partial charge on any atom is -0.277 e. The van der Waals surface area contributed by atoms with Gasteiger partial charge in [0.2, 0.25) is 10.0 Å².